The monoisotopic (exact) mass is 645 g/mol. The molecule has 1 fully saturated rings. The van der Waals surface area contributed by atoms with Gasteiger partial charge in [0, 0.05) is 25.1 Å². The number of ether oxygens (including phenoxy) is 1. The molecule has 8 nitrogen and oxygen atoms in total. The normalized spacial score (nSPS) is 18.3. The summed E-state index contributed by atoms with van der Waals surface area (Å²) in [4.78, 5) is 14.2. The van der Waals surface area contributed by atoms with Crippen molar-refractivity contribution >= 4 is 15.9 Å². The number of likely N-dealkylation sites (N-methyl/N-ethyl adjacent to an activating group) is 1. The molecular weight excluding hydrogens is 611 g/mol. The molecule has 13 heteroatoms. The van der Waals surface area contributed by atoms with Crippen molar-refractivity contribution < 1.29 is 87.6 Å². The Labute approximate surface area is 293 Å². The molecule has 1 unspecified atom stereocenters. The number of halogens is 3. The van der Waals surface area contributed by atoms with E-state index in [0.717, 1.165) is 23.1 Å². The Morgan fingerprint density at radius 2 is 1.77 bits per heavy atom. The minimum atomic E-state index is -4.63. The molecule has 0 saturated heterocycles. The first-order valence-corrected chi connectivity index (χ1v) is 14.8. The van der Waals surface area contributed by atoms with Crippen molar-refractivity contribution in [2.45, 2.75) is 49.6 Å². The molecule has 228 valence electrons. The Bertz CT molecular complexity index is 1430. The number of primary sulfonamides is 1. The molecule has 2 aliphatic carbocycles. The van der Waals surface area contributed by atoms with Crippen molar-refractivity contribution in [2.24, 2.45) is 11.1 Å². The van der Waals surface area contributed by atoms with Crippen LogP contribution < -0.4 is 56.5 Å². The number of nitrogens with zero attached hydrogens (tertiary/aromatic N) is 2. The van der Waals surface area contributed by atoms with Gasteiger partial charge in [-0.05, 0) is 55.0 Å². The maximum atomic E-state index is 12.5. The van der Waals surface area contributed by atoms with Crippen LogP contribution in [0.15, 0.2) is 89.1 Å². The van der Waals surface area contributed by atoms with Crippen molar-refractivity contribution in [2.75, 3.05) is 20.6 Å². The fourth-order valence-electron chi connectivity index (χ4n) is 4.75. The van der Waals surface area contributed by atoms with Crippen molar-refractivity contribution in [3.05, 3.63) is 95.0 Å². The summed E-state index contributed by atoms with van der Waals surface area (Å²) in [6.07, 6.45) is 3.45. The smallest absolute Gasteiger partial charge is 0.661 e. The third-order valence-electron chi connectivity index (χ3n) is 6.74. The zero-order valence-electron chi connectivity index (χ0n) is 24.4. The Morgan fingerprint density at radius 3 is 2.35 bits per heavy atom. The number of rotatable bonds is 8. The fraction of sp³-hybridized carbons (Fsp3) is 0.367. The number of aliphatic hydroxyl groups is 1. The van der Waals surface area contributed by atoms with Crippen molar-refractivity contribution in [3.63, 3.8) is 0 Å². The summed E-state index contributed by atoms with van der Waals surface area (Å²) in [7, 11) is -0.395. The molecule has 1 amide bonds. The molecule has 43 heavy (non-hydrogen) atoms. The molecular formula is C30H35F3KN3O5S. The number of sulfonamides is 1. The summed E-state index contributed by atoms with van der Waals surface area (Å²) >= 11 is 0. The number of hydrogen-bond donors (Lipinski definition) is 2. The molecule has 0 aliphatic heterocycles. The number of carbonyl (C=O) groups is 1. The number of benzene rings is 2. The molecule has 0 spiro atoms. The summed E-state index contributed by atoms with van der Waals surface area (Å²) < 4.78 is 63.0. The van der Waals surface area contributed by atoms with E-state index in [-0.39, 0.29) is 80.0 Å². The van der Waals surface area contributed by atoms with Crippen LogP contribution in [0.1, 0.15) is 31.2 Å². The second-order valence-electron chi connectivity index (χ2n) is 10.1. The van der Waals surface area contributed by atoms with Gasteiger partial charge in [0.2, 0.25) is 15.9 Å². The standard InChI is InChI=1S/C20H24N2O4S.C10H11F3NO.K/c1-22(20(24)16-10-11-17(23)12-16)13-14-6-8-15(9-7-14)18-4-2-3-5-19(18)27(21,25)26;1-14-7-8-3-2-4-9(6-5-8)15-10(11,12)13;/h2-9,16-17,23H,10-13H2,1H3,(H2,21,25,26);3-6H,2,7H2,1H3;/q;-1;+1/t16-,17?;;/m0../s1. The molecule has 0 bridgehead atoms. The SMILES string of the molecule is CN(Cc1ccc(-c2ccccc2S(N)(=O)=O)cc1)C(=O)[C@H]1CCC(O)C1.C[N-]CC1=CCC=C(OC(F)(F)F)C=C1.[K+]. The van der Waals surface area contributed by atoms with Gasteiger partial charge in [0.05, 0.1) is 11.0 Å². The zero-order chi connectivity index (χ0) is 30.9. The third kappa shape index (κ3) is 12.2. The van der Waals surface area contributed by atoms with Gasteiger partial charge in [-0.2, -0.15) is 7.05 Å². The summed E-state index contributed by atoms with van der Waals surface area (Å²) in [5.41, 5.74) is 3.13. The molecule has 2 aromatic rings. The van der Waals surface area contributed by atoms with Crippen LogP contribution in [-0.2, 0) is 26.1 Å². The minimum Gasteiger partial charge on any atom is -0.661 e. The summed E-state index contributed by atoms with van der Waals surface area (Å²) in [6, 6.07) is 14.0. The van der Waals surface area contributed by atoms with Crippen LogP contribution in [0.25, 0.3) is 16.4 Å². The molecule has 2 aromatic carbocycles. The van der Waals surface area contributed by atoms with E-state index < -0.39 is 16.4 Å². The van der Waals surface area contributed by atoms with Gasteiger partial charge in [-0.15, -0.1) is 19.7 Å². The second-order valence-corrected chi connectivity index (χ2v) is 11.6. The first kappa shape index (κ1) is 37.4. The van der Waals surface area contributed by atoms with Gasteiger partial charge < -0.3 is 20.1 Å². The zero-order valence-corrected chi connectivity index (χ0v) is 28.4. The molecule has 2 aliphatic rings. The molecule has 0 radical (unpaired) electrons. The molecule has 3 N–H and O–H groups in total. The van der Waals surface area contributed by atoms with Crippen LogP contribution in [0.2, 0.25) is 0 Å². The number of nitrogens with two attached hydrogens (primary N) is 1. The second kappa shape index (κ2) is 17.0. The Morgan fingerprint density at radius 1 is 1.09 bits per heavy atom. The number of carbonyl (C=O) groups excluding carboxylic acids is 1. The van der Waals surface area contributed by atoms with Crippen molar-refractivity contribution in [1.82, 2.24) is 4.90 Å². The molecule has 4 rings (SSSR count). The van der Waals surface area contributed by atoms with E-state index in [1.54, 1.807) is 43.3 Å². The van der Waals surface area contributed by atoms with E-state index >= 15 is 0 Å². The van der Waals surface area contributed by atoms with E-state index in [2.05, 4.69) is 10.1 Å². The maximum absolute atomic E-state index is 12.5. The van der Waals surface area contributed by atoms with Crippen molar-refractivity contribution in [3.8, 4) is 11.1 Å². The van der Waals surface area contributed by atoms with Gasteiger partial charge in [-0.1, -0.05) is 60.2 Å². The molecule has 2 atom stereocenters. The van der Waals surface area contributed by atoms with Crippen LogP contribution in [0.5, 0.6) is 0 Å². The van der Waals surface area contributed by atoms with E-state index in [4.69, 9.17) is 5.14 Å². The topological polar surface area (TPSA) is 124 Å². The number of allylic oxidation sites excluding steroid dienone is 3. The van der Waals surface area contributed by atoms with Crippen LogP contribution >= 0.6 is 0 Å². The average molecular weight is 646 g/mol. The van der Waals surface area contributed by atoms with E-state index in [1.165, 1.54) is 18.2 Å². The van der Waals surface area contributed by atoms with Gasteiger partial charge in [-0.3, -0.25) is 4.79 Å². The molecule has 1 saturated carbocycles. The van der Waals surface area contributed by atoms with Crippen LogP contribution in [0.3, 0.4) is 0 Å². The minimum absolute atomic E-state index is 0. The van der Waals surface area contributed by atoms with E-state index in [9.17, 15) is 31.5 Å². The van der Waals surface area contributed by atoms with Crippen molar-refractivity contribution in [1.29, 1.82) is 0 Å². The number of aliphatic hydroxyl groups excluding tert-OH is 1. The van der Waals surface area contributed by atoms with Gasteiger partial charge in [0.25, 0.3) is 0 Å². The largest absolute Gasteiger partial charge is 1.00 e. The van der Waals surface area contributed by atoms with Gasteiger partial charge in [0.15, 0.2) is 0 Å². The number of hydrogen-bond acceptors (Lipinski definition) is 5. The number of amides is 1. The first-order valence-electron chi connectivity index (χ1n) is 13.3. The quantitative estimate of drug-likeness (QED) is 0.427. The maximum Gasteiger partial charge on any atom is 1.00 e. The van der Waals surface area contributed by atoms with E-state index in [1.807, 2.05) is 30.3 Å². The first-order chi connectivity index (χ1) is 19.8. The van der Waals surface area contributed by atoms with Crippen LogP contribution in [0, 0.1) is 5.92 Å². The third-order valence-corrected chi connectivity index (χ3v) is 7.71. The van der Waals surface area contributed by atoms with E-state index in [0.29, 0.717) is 37.9 Å². The predicted octanol–water partition coefficient (Wildman–Crippen LogP) is 2.42. The van der Waals surface area contributed by atoms with Gasteiger partial charge >= 0.3 is 57.7 Å². The molecule has 0 aromatic heterocycles. The fourth-order valence-corrected chi connectivity index (χ4v) is 5.51. The van der Waals surface area contributed by atoms with Crippen LogP contribution in [0.4, 0.5) is 13.2 Å². The predicted molar refractivity (Wildman–Crippen MR) is 154 cm³/mol. The van der Waals surface area contributed by atoms with Crippen LogP contribution in [-0.4, -0.2) is 57.4 Å². The van der Waals surface area contributed by atoms with Gasteiger partial charge in [-0.25, -0.2) is 13.6 Å². The number of alkyl halides is 3. The summed E-state index contributed by atoms with van der Waals surface area (Å²) in [5.74, 6) is -0.231. The van der Waals surface area contributed by atoms with Gasteiger partial charge in [0.1, 0.15) is 5.76 Å². The Hall–Kier alpha value is -1.81. The summed E-state index contributed by atoms with van der Waals surface area (Å²) in [6.45, 7) is 0.964. The summed E-state index contributed by atoms with van der Waals surface area (Å²) in [5, 5.41) is 18.8. The Kier molecular flexibility index (Phi) is 14.8. The Balaban J connectivity index is 0.000000344. The molecule has 0 heterocycles. The average Bonchev–Trinajstić information content (AvgIpc) is 3.25.